The molecule has 10 heteroatoms. The number of carbonyl (C=O) groups is 2. The molecule has 1 atom stereocenters. The molecule has 0 spiro atoms. The molecule has 0 saturated carbocycles. The van der Waals surface area contributed by atoms with Crippen molar-refractivity contribution in [3.8, 4) is 11.5 Å². The Morgan fingerprint density at radius 3 is 2.11 bits per heavy atom. The molecule has 0 fully saturated rings. The third-order valence-corrected chi connectivity index (χ3v) is 9.29. The van der Waals surface area contributed by atoms with Gasteiger partial charge in [-0.1, -0.05) is 73.0 Å². The number of hydrogen-bond donors (Lipinski definition) is 1. The summed E-state index contributed by atoms with van der Waals surface area (Å²) >= 11 is 6.08. The fraction of sp³-hybridized carbons (Fsp3) is 0.257. The van der Waals surface area contributed by atoms with Gasteiger partial charge in [0.25, 0.3) is 10.0 Å². The van der Waals surface area contributed by atoms with Crippen molar-refractivity contribution in [3.63, 3.8) is 0 Å². The first-order chi connectivity index (χ1) is 21.6. The summed E-state index contributed by atoms with van der Waals surface area (Å²) in [6.45, 7) is 5.56. The minimum atomic E-state index is -4.19. The monoisotopic (exact) mass is 647 g/mol. The van der Waals surface area contributed by atoms with E-state index in [1.54, 1.807) is 67.6 Å². The number of anilines is 1. The maximum atomic E-state index is 14.1. The lowest BCUT2D eigenvalue weighted by atomic mass is 10.1. The van der Waals surface area contributed by atoms with E-state index in [4.69, 9.17) is 16.3 Å². The summed E-state index contributed by atoms with van der Waals surface area (Å²) in [5.41, 5.74) is 1.92. The molecule has 0 aliphatic heterocycles. The van der Waals surface area contributed by atoms with Crippen molar-refractivity contribution in [2.45, 2.75) is 51.1 Å². The molecule has 236 valence electrons. The lowest BCUT2D eigenvalue weighted by molar-refractivity contribution is -0.139. The number of benzene rings is 4. The van der Waals surface area contributed by atoms with Crippen LogP contribution in [-0.4, -0.2) is 44.3 Å². The largest absolute Gasteiger partial charge is 0.457 e. The minimum absolute atomic E-state index is 0.0418. The van der Waals surface area contributed by atoms with Gasteiger partial charge in [-0.2, -0.15) is 0 Å². The number of amides is 2. The van der Waals surface area contributed by atoms with Gasteiger partial charge in [-0.3, -0.25) is 13.9 Å². The number of para-hydroxylation sites is 1. The molecule has 0 bridgehead atoms. The second kappa shape index (κ2) is 15.6. The zero-order valence-electron chi connectivity index (χ0n) is 25.6. The van der Waals surface area contributed by atoms with Crippen molar-refractivity contribution in [3.05, 3.63) is 119 Å². The molecule has 8 nitrogen and oxygen atoms in total. The third-order valence-electron chi connectivity index (χ3n) is 7.25. The number of ether oxygens (including phenoxy) is 1. The molecule has 2 amide bonds. The zero-order chi connectivity index (χ0) is 32.4. The highest BCUT2D eigenvalue weighted by Gasteiger charge is 2.32. The predicted molar refractivity (Wildman–Crippen MR) is 178 cm³/mol. The van der Waals surface area contributed by atoms with E-state index >= 15 is 0 Å². The van der Waals surface area contributed by atoms with Crippen LogP contribution in [0.25, 0.3) is 0 Å². The van der Waals surface area contributed by atoms with Crippen LogP contribution in [0.4, 0.5) is 5.69 Å². The first-order valence-electron chi connectivity index (χ1n) is 14.8. The van der Waals surface area contributed by atoms with Crippen LogP contribution in [0.3, 0.4) is 0 Å². The van der Waals surface area contributed by atoms with Gasteiger partial charge >= 0.3 is 0 Å². The van der Waals surface area contributed by atoms with Crippen molar-refractivity contribution < 1.29 is 22.7 Å². The average Bonchev–Trinajstić information content (AvgIpc) is 3.04. The van der Waals surface area contributed by atoms with E-state index < -0.39 is 28.5 Å². The fourth-order valence-electron chi connectivity index (χ4n) is 4.58. The number of aryl methyl sites for hydroxylation is 1. The lowest BCUT2D eigenvalue weighted by Crippen LogP contribution is -2.51. The van der Waals surface area contributed by atoms with Gasteiger partial charge in [0.05, 0.1) is 10.6 Å². The zero-order valence-corrected chi connectivity index (χ0v) is 27.2. The Balaban J connectivity index is 1.68. The van der Waals surface area contributed by atoms with Gasteiger partial charge < -0.3 is 15.0 Å². The van der Waals surface area contributed by atoms with E-state index in [0.717, 1.165) is 28.3 Å². The third kappa shape index (κ3) is 9.09. The number of nitrogens with one attached hydrogen (secondary N) is 1. The van der Waals surface area contributed by atoms with Crippen LogP contribution in [0.2, 0.25) is 5.02 Å². The minimum Gasteiger partial charge on any atom is -0.457 e. The van der Waals surface area contributed by atoms with Crippen LogP contribution in [0.15, 0.2) is 108 Å². The number of hydrogen-bond acceptors (Lipinski definition) is 5. The van der Waals surface area contributed by atoms with Crippen LogP contribution in [0.5, 0.6) is 11.5 Å². The number of nitrogens with zero attached hydrogens (tertiary/aromatic N) is 2. The van der Waals surface area contributed by atoms with Crippen LogP contribution in [0.1, 0.15) is 37.8 Å². The highest BCUT2D eigenvalue weighted by Crippen LogP contribution is 2.29. The Bertz CT molecular complexity index is 1660. The SMILES string of the molecule is CCCCNC(=O)[C@@H](C)N(Cc1ccc(Cl)cc1)C(=O)CN(c1ccc(Oc2ccccc2)cc1)S(=O)(=O)c1ccc(C)cc1. The molecule has 0 saturated heterocycles. The maximum absolute atomic E-state index is 14.1. The summed E-state index contributed by atoms with van der Waals surface area (Å²) in [5.74, 6) is 0.281. The van der Waals surface area contributed by atoms with Crippen molar-refractivity contribution in [1.82, 2.24) is 10.2 Å². The first kappa shape index (κ1) is 33.6. The van der Waals surface area contributed by atoms with Gasteiger partial charge in [-0.15, -0.1) is 0 Å². The first-order valence-corrected chi connectivity index (χ1v) is 16.6. The van der Waals surface area contributed by atoms with Crippen LogP contribution < -0.4 is 14.4 Å². The molecule has 0 aliphatic rings. The fourth-order valence-corrected chi connectivity index (χ4v) is 6.12. The molecule has 0 unspecified atom stereocenters. The smallest absolute Gasteiger partial charge is 0.264 e. The van der Waals surface area contributed by atoms with Crippen molar-refractivity contribution in [2.24, 2.45) is 0 Å². The Morgan fingerprint density at radius 2 is 1.49 bits per heavy atom. The van der Waals surface area contributed by atoms with E-state index in [2.05, 4.69) is 5.32 Å². The summed E-state index contributed by atoms with van der Waals surface area (Å²) in [6, 6.07) is 28.3. The lowest BCUT2D eigenvalue weighted by Gasteiger charge is -2.32. The summed E-state index contributed by atoms with van der Waals surface area (Å²) in [5, 5.41) is 3.43. The average molecular weight is 648 g/mol. The Labute approximate surface area is 270 Å². The van der Waals surface area contributed by atoms with E-state index in [0.29, 0.717) is 23.1 Å². The molecular weight excluding hydrogens is 610 g/mol. The Kier molecular flexibility index (Phi) is 11.6. The van der Waals surface area contributed by atoms with E-state index in [-0.39, 0.29) is 23.0 Å². The van der Waals surface area contributed by atoms with Gasteiger partial charge in [0.15, 0.2) is 0 Å². The van der Waals surface area contributed by atoms with Gasteiger partial charge in [-0.25, -0.2) is 8.42 Å². The standard InChI is InChI=1S/C35H38ClN3O5S/c1-4-5-23-37-35(41)27(3)38(24-28-13-15-29(36)16-14-28)34(40)25-39(45(42,43)33-21-11-26(2)12-22-33)30-17-19-32(20-18-30)44-31-9-7-6-8-10-31/h6-22,27H,4-5,23-25H2,1-3H3,(H,37,41)/t27-/m1/s1. The Hall–Kier alpha value is -4.34. The number of rotatable bonds is 14. The van der Waals surface area contributed by atoms with Crippen molar-refractivity contribution >= 4 is 39.1 Å². The van der Waals surface area contributed by atoms with Gasteiger partial charge in [-0.05, 0) is 86.5 Å². The molecule has 4 rings (SSSR count). The number of carbonyl (C=O) groups excluding carboxylic acids is 2. The topological polar surface area (TPSA) is 96.0 Å². The van der Waals surface area contributed by atoms with E-state index in [1.807, 2.05) is 44.2 Å². The Morgan fingerprint density at radius 1 is 0.867 bits per heavy atom. The summed E-state index contributed by atoms with van der Waals surface area (Å²) in [6.07, 6.45) is 1.71. The highest BCUT2D eigenvalue weighted by molar-refractivity contribution is 7.92. The molecule has 0 aromatic heterocycles. The molecule has 0 aliphatic carbocycles. The normalized spacial score (nSPS) is 11.8. The number of unbranched alkanes of at least 4 members (excludes halogenated alkanes) is 1. The van der Waals surface area contributed by atoms with E-state index in [1.165, 1.54) is 17.0 Å². The second-order valence-corrected chi connectivity index (χ2v) is 13.0. The molecular formula is C35H38ClN3O5S. The van der Waals surface area contributed by atoms with Gasteiger partial charge in [0.1, 0.15) is 24.1 Å². The number of halogens is 1. The molecule has 0 radical (unpaired) electrons. The quantitative estimate of drug-likeness (QED) is 0.149. The summed E-state index contributed by atoms with van der Waals surface area (Å²) in [7, 11) is -4.19. The molecule has 45 heavy (non-hydrogen) atoms. The van der Waals surface area contributed by atoms with Gasteiger partial charge in [0.2, 0.25) is 11.8 Å². The highest BCUT2D eigenvalue weighted by atomic mass is 35.5. The predicted octanol–water partition coefficient (Wildman–Crippen LogP) is 6.97. The molecule has 4 aromatic carbocycles. The molecule has 0 heterocycles. The van der Waals surface area contributed by atoms with Crippen LogP contribution in [0, 0.1) is 6.92 Å². The summed E-state index contributed by atoms with van der Waals surface area (Å²) < 4.78 is 35.1. The van der Waals surface area contributed by atoms with Crippen LogP contribution in [-0.2, 0) is 26.2 Å². The van der Waals surface area contributed by atoms with Crippen molar-refractivity contribution in [2.75, 3.05) is 17.4 Å². The maximum Gasteiger partial charge on any atom is 0.264 e. The van der Waals surface area contributed by atoms with Crippen molar-refractivity contribution in [1.29, 1.82) is 0 Å². The second-order valence-electron chi connectivity index (χ2n) is 10.7. The van der Waals surface area contributed by atoms with Gasteiger partial charge in [0, 0.05) is 18.1 Å². The van der Waals surface area contributed by atoms with E-state index in [9.17, 15) is 18.0 Å². The summed E-state index contributed by atoms with van der Waals surface area (Å²) in [4.78, 5) is 28.7. The molecule has 1 N–H and O–H groups in total. The number of sulfonamides is 1. The van der Waals surface area contributed by atoms with Crippen LogP contribution >= 0.6 is 11.6 Å². The molecule has 4 aromatic rings.